The Kier molecular flexibility index (Phi) is 3.23. The lowest BCUT2D eigenvalue weighted by Gasteiger charge is -2.01. The van der Waals surface area contributed by atoms with Crippen molar-refractivity contribution in [3.63, 3.8) is 0 Å². The molecule has 0 atom stereocenters. The molecule has 1 nitrogen and oxygen atoms in total. The average molecular weight is 188 g/mol. The van der Waals surface area contributed by atoms with E-state index < -0.39 is 0 Å². The number of aryl methyl sites for hydroxylation is 1. The maximum absolute atomic E-state index is 5.42. The molecule has 1 heteroatoms. The van der Waals surface area contributed by atoms with Gasteiger partial charge in [-0.3, -0.25) is 0 Å². The summed E-state index contributed by atoms with van der Waals surface area (Å²) in [5, 5.41) is 0. The molecule has 2 rings (SSSR count). The van der Waals surface area contributed by atoms with Gasteiger partial charge in [0.25, 0.3) is 0 Å². The van der Waals surface area contributed by atoms with Gasteiger partial charge in [-0.2, -0.15) is 0 Å². The zero-order valence-electron chi connectivity index (χ0n) is 8.41. The normalized spacial score (nSPS) is 13.9. The van der Waals surface area contributed by atoms with Gasteiger partial charge in [0, 0.05) is 0 Å². The third kappa shape index (κ3) is 3.25. The first-order chi connectivity index (χ1) is 6.95. The molecule has 1 fully saturated rings. The fourth-order valence-electron chi connectivity index (χ4n) is 1.37. The highest BCUT2D eigenvalue weighted by Gasteiger charge is 2.10. The van der Waals surface area contributed by atoms with Crippen molar-refractivity contribution < 1.29 is 4.74 Å². The molecule has 0 aliphatic heterocycles. The number of rotatable bonds is 5. The van der Waals surface area contributed by atoms with E-state index in [2.05, 4.69) is 30.3 Å². The van der Waals surface area contributed by atoms with Crippen molar-refractivity contribution in [3.05, 3.63) is 47.7 Å². The SMILES string of the molecule is C(OCCCc1ccccc1)=C1CC1. The highest BCUT2D eigenvalue weighted by Crippen LogP contribution is 2.27. The summed E-state index contributed by atoms with van der Waals surface area (Å²) in [5.41, 5.74) is 2.86. The summed E-state index contributed by atoms with van der Waals surface area (Å²) in [5.74, 6) is 0. The molecular formula is C13H16O. The Morgan fingerprint density at radius 1 is 1.14 bits per heavy atom. The fraction of sp³-hybridized carbons (Fsp3) is 0.385. The molecule has 0 spiro atoms. The Hall–Kier alpha value is -1.24. The molecule has 0 radical (unpaired) electrons. The molecule has 0 N–H and O–H groups in total. The van der Waals surface area contributed by atoms with Crippen LogP contribution in [-0.4, -0.2) is 6.61 Å². The molecule has 0 saturated heterocycles. The van der Waals surface area contributed by atoms with Gasteiger partial charge in [0.1, 0.15) is 0 Å². The van der Waals surface area contributed by atoms with Crippen molar-refractivity contribution in [2.45, 2.75) is 25.7 Å². The molecule has 0 unspecified atom stereocenters. The highest BCUT2D eigenvalue weighted by molar-refractivity contribution is 5.14. The predicted molar refractivity (Wildman–Crippen MR) is 58.0 cm³/mol. The Morgan fingerprint density at radius 3 is 2.64 bits per heavy atom. The minimum atomic E-state index is 0.846. The molecule has 0 bridgehead atoms. The van der Waals surface area contributed by atoms with Gasteiger partial charge in [0.15, 0.2) is 0 Å². The molecule has 0 amide bonds. The van der Waals surface area contributed by atoms with Crippen molar-refractivity contribution in [1.82, 2.24) is 0 Å². The van der Waals surface area contributed by atoms with E-state index in [0.29, 0.717) is 0 Å². The molecule has 1 saturated carbocycles. The van der Waals surface area contributed by atoms with Crippen molar-refractivity contribution in [3.8, 4) is 0 Å². The Labute approximate surface area is 85.4 Å². The predicted octanol–water partition coefficient (Wildman–Crippen LogP) is 3.31. The van der Waals surface area contributed by atoms with Crippen LogP contribution in [0.5, 0.6) is 0 Å². The lowest BCUT2D eigenvalue weighted by atomic mass is 10.1. The van der Waals surface area contributed by atoms with E-state index in [1.54, 1.807) is 0 Å². The second-order valence-corrected chi connectivity index (χ2v) is 3.74. The number of ether oxygens (including phenoxy) is 1. The van der Waals surface area contributed by atoms with Crippen LogP contribution in [0, 0.1) is 0 Å². The molecule has 1 aromatic carbocycles. The smallest absolute Gasteiger partial charge is 0.0876 e. The summed E-state index contributed by atoms with van der Waals surface area (Å²) < 4.78 is 5.42. The van der Waals surface area contributed by atoms with Gasteiger partial charge in [-0.05, 0) is 36.8 Å². The van der Waals surface area contributed by atoms with Gasteiger partial charge >= 0.3 is 0 Å². The summed E-state index contributed by atoms with van der Waals surface area (Å²) in [6.45, 7) is 0.846. The second-order valence-electron chi connectivity index (χ2n) is 3.74. The van der Waals surface area contributed by atoms with Crippen LogP contribution in [-0.2, 0) is 11.2 Å². The number of allylic oxidation sites excluding steroid dienone is 1. The van der Waals surface area contributed by atoms with Crippen LogP contribution in [0.2, 0.25) is 0 Å². The maximum atomic E-state index is 5.42. The highest BCUT2D eigenvalue weighted by atomic mass is 16.5. The van der Waals surface area contributed by atoms with Gasteiger partial charge in [0.2, 0.25) is 0 Å². The van der Waals surface area contributed by atoms with Crippen LogP contribution in [0.4, 0.5) is 0 Å². The molecule has 14 heavy (non-hydrogen) atoms. The summed E-state index contributed by atoms with van der Waals surface area (Å²) in [7, 11) is 0. The van der Waals surface area contributed by atoms with Crippen molar-refractivity contribution >= 4 is 0 Å². The minimum Gasteiger partial charge on any atom is -0.501 e. The van der Waals surface area contributed by atoms with Crippen molar-refractivity contribution in [1.29, 1.82) is 0 Å². The molecule has 0 heterocycles. The third-order valence-corrected chi connectivity index (χ3v) is 2.36. The van der Waals surface area contributed by atoms with E-state index in [9.17, 15) is 0 Å². The van der Waals surface area contributed by atoms with Crippen LogP contribution < -0.4 is 0 Å². The first kappa shape index (κ1) is 9.32. The first-order valence-corrected chi connectivity index (χ1v) is 5.28. The summed E-state index contributed by atoms with van der Waals surface area (Å²) in [6, 6.07) is 10.6. The third-order valence-electron chi connectivity index (χ3n) is 2.36. The van der Waals surface area contributed by atoms with Gasteiger partial charge in [-0.25, -0.2) is 0 Å². The van der Waals surface area contributed by atoms with E-state index in [1.165, 1.54) is 24.0 Å². The lowest BCUT2D eigenvalue weighted by Crippen LogP contribution is -1.91. The van der Waals surface area contributed by atoms with Crippen LogP contribution in [0.1, 0.15) is 24.8 Å². The molecule has 1 aromatic rings. The topological polar surface area (TPSA) is 9.23 Å². The summed E-state index contributed by atoms with van der Waals surface area (Å²) in [6.07, 6.45) is 6.65. The lowest BCUT2D eigenvalue weighted by molar-refractivity contribution is 0.243. The summed E-state index contributed by atoms with van der Waals surface area (Å²) >= 11 is 0. The Bertz CT molecular complexity index is 294. The van der Waals surface area contributed by atoms with E-state index >= 15 is 0 Å². The monoisotopic (exact) mass is 188 g/mol. The van der Waals surface area contributed by atoms with Crippen molar-refractivity contribution in [2.75, 3.05) is 6.61 Å². The van der Waals surface area contributed by atoms with E-state index in [4.69, 9.17) is 4.74 Å². The molecule has 0 aromatic heterocycles. The minimum absolute atomic E-state index is 0.846. The van der Waals surface area contributed by atoms with Gasteiger partial charge in [-0.15, -0.1) is 0 Å². The van der Waals surface area contributed by atoms with Crippen LogP contribution in [0.15, 0.2) is 42.2 Å². The Morgan fingerprint density at radius 2 is 1.93 bits per heavy atom. The van der Waals surface area contributed by atoms with Crippen LogP contribution in [0.3, 0.4) is 0 Å². The quantitative estimate of drug-likeness (QED) is 0.509. The molecule has 1 aliphatic rings. The van der Waals surface area contributed by atoms with Crippen LogP contribution >= 0.6 is 0 Å². The number of hydrogen-bond donors (Lipinski definition) is 0. The largest absolute Gasteiger partial charge is 0.501 e. The molecule has 74 valence electrons. The summed E-state index contributed by atoms with van der Waals surface area (Å²) in [4.78, 5) is 0. The first-order valence-electron chi connectivity index (χ1n) is 5.28. The van der Waals surface area contributed by atoms with Crippen LogP contribution in [0.25, 0.3) is 0 Å². The fourth-order valence-corrected chi connectivity index (χ4v) is 1.37. The van der Waals surface area contributed by atoms with E-state index in [-0.39, 0.29) is 0 Å². The van der Waals surface area contributed by atoms with E-state index in [1.807, 2.05) is 6.26 Å². The van der Waals surface area contributed by atoms with E-state index in [0.717, 1.165) is 19.4 Å². The maximum Gasteiger partial charge on any atom is 0.0876 e. The standard InChI is InChI=1S/C13H16O/c1-2-5-12(6-3-1)7-4-10-14-11-13-8-9-13/h1-3,5-6,11H,4,7-10H2. The molecule has 1 aliphatic carbocycles. The Balaban J connectivity index is 1.60. The van der Waals surface area contributed by atoms with Gasteiger partial charge in [0.05, 0.1) is 12.9 Å². The zero-order chi connectivity index (χ0) is 9.64. The number of benzene rings is 1. The number of hydrogen-bond acceptors (Lipinski definition) is 1. The zero-order valence-corrected chi connectivity index (χ0v) is 8.41. The van der Waals surface area contributed by atoms with Gasteiger partial charge < -0.3 is 4.74 Å². The average Bonchev–Trinajstić information content (AvgIpc) is 3.03. The van der Waals surface area contributed by atoms with Crippen molar-refractivity contribution in [2.24, 2.45) is 0 Å². The van der Waals surface area contributed by atoms with Gasteiger partial charge in [-0.1, -0.05) is 30.3 Å². The second kappa shape index (κ2) is 4.85. The molecular weight excluding hydrogens is 172 g/mol.